The Kier molecular flexibility index (Phi) is 5.46. The van der Waals surface area contributed by atoms with Gasteiger partial charge in [-0.1, -0.05) is 11.3 Å². The van der Waals surface area contributed by atoms with Crippen molar-refractivity contribution in [1.82, 2.24) is 19.7 Å². The summed E-state index contributed by atoms with van der Waals surface area (Å²) in [4.78, 5) is 25.2. The topological polar surface area (TPSA) is 98.3 Å². The number of thiazole rings is 1. The zero-order valence-corrected chi connectivity index (χ0v) is 20.2. The first kappa shape index (κ1) is 21.8. The molecule has 1 amide bonds. The summed E-state index contributed by atoms with van der Waals surface area (Å²) in [5, 5.41) is 9.20. The number of carbonyl (C=O) groups excluding carboxylic acids is 1. The molecule has 1 fully saturated rings. The number of pyridine rings is 1. The van der Waals surface area contributed by atoms with Crippen molar-refractivity contribution in [3.05, 3.63) is 54.4 Å². The minimum atomic E-state index is -0.231. The van der Waals surface area contributed by atoms with E-state index >= 15 is 0 Å². The van der Waals surface area contributed by atoms with Crippen molar-refractivity contribution in [1.29, 1.82) is 0 Å². The number of hydrogen-bond acceptors (Lipinski definition) is 8. The lowest BCUT2D eigenvalue weighted by Crippen LogP contribution is -2.36. The number of aromatic nitrogens is 4. The fourth-order valence-corrected chi connectivity index (χ4v) is 5.27. The Labute approximate surface area is 205 Å². The van der Waals surface area contributed by atoms with Gasteiger partial charge in [-0.15, -0.1) is 0 Å². The number of fused-ring (bicyclic) bond motifs is 2. The Morgan fingerprint density at radius 2 is 2.00 bits per heavy atom. The van der Waals surface area contributed by atoms with E-state index in [4.69, 9.17) is 19.1 Å². The van der Waals surface area contributed by atoms with Gasteiger partial charge in [0.15, 0.2) is 16.5 Å². The number of amides is 1. The second-order valence-electron chi connectivity index (χ2n) is 8.69. The van der Waals surface area contributed by atoms with E-state index in [9.17, 15) is 4.79 Å². The van der Waals surface area contributed by atoms with Crippen molar-refractivity contribution in [3.63, 3.8) is 0 Å². The zero-order valence-electron chi connectivity index (χ0n) is 19.4. The predicted octanol–water partition coefficient (Wildman–Crippen LogP) is 4.97. The molecule has 4 aromatic heterocycles. The molecule has 9 nitrogen and oxygen atoms in total. The molecular formula is C25H24N6O3S. The van der Waals surface area contributed by atoms with Crippen molar-refractivity contribution >= 4 is 49.3 Å². The van der Waals surface area contributed by atoms with E-state index in [1.54, 1.807) is 35.9 Å². The van der Waals surface area contributed by atoms with Crippen LogP contribution in [0, 0.1) is 0 Å². The Morgan fingerprint density at radius 1 is 1.14 bits per heavy atom. The molecule has 1 aliphatic rings. The summed E-state index contributed by atoms with van der Waals surface area (Å²) in [7, 11) is 0. The van der Waals surface area contributed by atoms with E-state index in [1.165, 1.54) is 0 Å². The van der Waals surface area contributed by atoms with Gasteiger partial charge < -0.3 is 19.4 Å². The number of nitrogens with zero attached hydrogens (tertiary/aromatic N) is 5. The highest BCUT2D eigenvalue weighted by molar-refractivity contribution is 7.22. The first-order valence-corrected chi connectivity index (χ1v) is 12.4. The van der Waals surface area contributed by atoms with Gasteiger partial charge >= 0.3 is 0 Å². The SMILES string of the molecule is CC(C)n1ncc2c(C(=O)Nc3ccc4nc(N5CCOCC5)sc4c3)cc(-c3ccco3)nc21. The Bertz CT molecular complexity index is 1520. The summed E-state index contributed by atoms with van der Waals surface area (Å²) in [5.41, 5.74) is 3.35. The molecule has 0 radical (unpaired) electrons. The average Bonchev–Trinajstić information content (AvgIpc) is 3.63. The molecule has 0 bridgehead atoms. The fraction of sp³-hybridized carbons (Fsp3) is 0.280. The largest absolute Gasteiger partial charge is 0.463 e. The van der Waals surface area contributed by atoms with Crippen molar-refractivity contribution in [3.8, 4) is 11.5 Å². The third kappa shape index (κ3) is 4.04. The van der Waals surface area contributed by atoms with Gasteiger partial charge in [0.05, 0.1) is 46.8 Å². The van der Waals surface area contributed by atoms with Crippen LogP contribution in [-0.2, 0) is 4.74 Å². The molecule has 5 heterocycles. The first-order valence-electron chi connectivity index (χ1n) is 11.5. The summed E-state index contributed by atoms with van der Waals surface area (Å²) in [6, 6.07) is 11.3. The molecular weight excluding hydrogens is 464 g/mol. The van der Waals surface area contributed by atoms with Crippen molar-refractivity contribution in [2.24, 2.45) is 0 Å². The van der Waals surface area contributed by atoms with Crippen molar-refractivity contribution in [2.45, 2.75) is 19.9 Å². The summed E-state index contributed by atoms with van der Waals surface area (Å²) >= 11 is 1.62. The van der Waals surface area contributed by atoms with E-state index in [2.05, 4.69) is 15.3 Å². The van der Waals surface area contributed by atoms with Gasteiger partial charge in [0, 0.05) is 24.8 Å². The van der Waals surface area contributed by atoms with E-state index in [0.29, 0.717) is 47.0 Å². The third-order valence-electron chi connectivity index (χ3n) is 5.99. The fourth-order valence-electron chi connectivity index (χ4n) is 4.21. The molecule has 0 atom stereocenters. The van der Waals surface area contributed by atoms with Crippen molar-refractivity contribution in [2.75, 3.05) is 36.5 Å². The van der Waals surface area contributed by atoms with Crippen LogP contribution in [0.1, 0.15) is 30.2 Å². The van der Waals surface area contributed by atoms with E-state index in [-0.39, 0.29) is 11.9 Å². The van der Waals surface area contributed by atoms with Crippen LogP contribution >= 0.6 is 11.3 Å². The molecule has 35 heavy (non-hydrogen) atoms. The van der Waals surface area contributed by atoms with Crippen LogP contribution in [0.4, 0.5) is 10.8 Å². The quantitative estimate of drug-likeness (QED) is 0.373. The predicted molar refractivity (Wildman–Crippen MR) is 136 cm³/mol. The minimum Gasteiger partial charge on any atom is -0.463 e. The van der Waals surface area contributed by atoms with Gasteiger partial charge in [0.2, 0.25) is 0 Å². The minimum absolute atomic E-state index is 0.0946. The van der Waals surface area contributed by atoms with Gasteiger partial charge in [0.25, 0.3) is 5.91 Å². The maximum Gasteiger partial charge on any atom is 0.256 e. The van der Waals surface area contributed by atoms with Crippen LogP contribution in [-0.4, -0.2) is 52.0 Å². The summed E-state index contributed by atoms with van der Waals surface area (Å²) < 4.78 is 13.8. The van der Waals surface area contributed by atoms with E-state index in [0.717, 1.165) is 28.4 Å². The average molecular weight is 489 g/mol. The van der Waals surface area contributed by atoms with Crippen LogP contribution in [0.2, 0.25) is 0 Å². The smallest absolute Gasteiger partial charge is 0.256 e. The molecule has 6 rings (SSSR count). The third-order valence-corrected chi connectivity index (χ3v) is 7.07. The van der Waals surface area contributed by atoms with Gasteiger partial charge in [-0.05, 0) is 50.2 Å². The monoisotopic (exact) mass is 488 g/mol. The number of nitrogens with one attached hydrogen (secondary N) is 1. The lowest BCUT2D eigenvalue weighted by Gasteiger charge is -2.25. The number of hydrogen-bond donors (Lipinski definition) is 1. The zero-order chi connectivity index (χ0) is 23.9. The summed E-state index contributed by atoms with van der Waals surface area (Å²) in [6.45, 7) is 7.16. The molecule has 5 aromatic rings. The molecule has 1 aliphatic heterocycles. The number of anilines is 2. The van der Waals surface area contributed by atoms with E-state index in [1.807, 2.05) is 42.8 Å². The van der Waals surface area contributed by atoms with Crippen LogP contribution in [0.3, 0.4) is 0 Å². The molecule has 0 spiro atoms. The van der Waals surface area contributed by atoms with Gasteiger partial charge in [-0.3, -0.25) is 4.79 Å². The maximum absolute atomic E-state index is 13.5. The number of furan rings is 1. The molecule has 10 heteroatoms. The van der Waals surface area contributed by atoms with Crippen LogP contribution in [0.5, 0.6) is 0 Å². The number of morpholine rings is 1. The second-order valence-corrected chi connectivity index (χ2v) is 9.69. The van der Waals surface area contributed by atoms with Crippen LogP contribution in [0.15, 0.2) is 53.3 Å². The molecule has 1 saturated heterocycles. The lowest BCUT2D eigenvalue weighted by molar-refractivity contribution is 0.102. The Balaban J connectivity index is 1.34. The first-order chi connectivity index (χ1) is 17.1. The van der Waals surface area contributed by atoms with Gasteiger partial charge in [-0.2, -0.15) is 5.10 Å². The lowest BCUT2D eigenvalue weighted by atomic mass is 10.1. The van der Waals surface area contributed by atoms with Crippen LogP contribution < -0.4 is 10.2 Å². The van der Waals surface area contributed by atoms with Gasteiger partial charge in [-0.25, -0.2) is 14.6 Å². The highest BCUT2D eigenvalue weighted by atomic mass is 32.1. The molecule has 0 unspecified atom stereocenters. The van der Waals surface area contributed by atoms with Gasteiger partial charge in [0.1, 0.15) is 5.69 Å². The Hall–Kier alpha value is -3.76. The number of rotatable bonds is 5. The standard InChI is InChI=1S/C25H24N6O3S/c1-15(2)31-23-18(14-26-31)17(13-20(28-23)21-4-3-9-34-21)24(32)27-16-5-6-19-22(12-16)35-25(29-19)30-7-10-33-11-8-30/h3-6,9,12-15H,7-8,10-11H2,1-2H3,(H,27,32). The highest BCUT2D eigenvalue weighted by Crippen LogP contribution is 2.32. The maximum atomic E-state index is 13.5. The number of benzene rings is 1. The molecule has 1 aromatic carbocycles. The molecule has 0 saturated carbocycles. The molecule has 0 aliphatic carbocycles. The van der Waals surface area contributed by atoms with E-state index < -0.39 is 0 Å². The Morgan fingerprint density at radius 3 is 2.77 bits per heavy atom. The second kappa shape index (κ2) is 8.79. The molecule has 178 valence electrons. The summed E-state index contributed by atoms with van der Waals surface area (Å²) in [6.07, 6.45) is 3.29. The highest BCUT2D eigenvalue weighted by Gasteiger charge is 2.20. The van der Waals surface area contributed by atoms with Crippen LogP contribution in [0.25, 0.3) is 32.7 Å². The normalized spacial score (nSPS) is 14.3. The number of carbonyl (C=O) groups is 1. The molecule has 1 N–H and O–H groups in total. The number of ether oxygens (including phenoxy) is 1. The summed E-state index contributed by atoms with van der Waals surface area (Å²) in [5.74, 6) is 0.366. The van der Waals surface area contributed by atoms with Crippen molar-refractivity contribution < 1.29 is 13.9 Å².